The van der Waals surface area contributed by atoms with E-state index in [1.54, 1.807) is 24.3 Å². The Balaban J connectivity index is 2.24. The van der Waals surface area contributed by atoms with Crippen LogP contribution in [-0.2, 0) is 9.59 Å². The number of carbonyl (C=O) groups excluding carboxylic acids is 1. The molecule has 1 fully saturated rings. The van der Waals surface area contributed by atoms with Gasteiger partial charge in [0.25, 0.3) is 0 Å². The molecular weight excluding hydrogens is 246 g/mol. The average molecular weight is 263 g/mol. The minimum atomic E-state index is -0.998. The molecule has 0 aliphatic heterocycles. The van der Waals surface area contributed by atoms with Gasteiger partial charge in [-0.1, -0.05) is 18.2 Å². The lowest BCUT2D eigenvalue weighted by molar-refractivity contribution is -0.139. The van der Waals surface area contributed by atoms with Crippen LogP contribution in [0.15, 0.2) is 24.3 Å². The Labute approximate surface area is 111 Å². The number of para-hydroxylation sites is 1. The van der Waals surface area contributed by atoms with Crippen molar-refractivity contribution in [2.24, 2.45) is 0 Å². The highest BCUT2D eigenvalue weighted by molar-refractivity contribution is 5.88. The first kappa shape index (κ1) is 13.4. The number of carboxylic acid groups (broad SMARTS) is 1. The smallest absolute Gasteiger partial charge is 0.304 e. The van der Waals surface area contributed by atoms with E-state index in [1.807, 2.05) is 0 Å². The number of rotatable bonds is 6. The van der Waals surface area contributed by atoms with Gasteiger partial charge in [0.05, 0.1) is 19.4 Å². The molecule has 1 aromatic carbocycles. The molecule has 1 amide bonds. The van der Waals surface area contributed by atoms with Gasteiger partial charge in [0, 0.05) is 11.6 Å². The van der Waals surface area contributed by atoms with E-state index in [-0.39, 0.29) is 18.4 Å². The summed E-state index contributed by atoms with van der Waals surface area (Å²) in [6.07, 6.45) is 1.70. The van der Waals surface area contributed by atoms with E-state index in [1.165, 1.54) is 7.11 Å². The summed E-state index contributed by atoms with van der Waals surface area (Å²) in [6, 6.07) is 7.24. The van der Waals surface area contributed by atoms with Gasteiger partial charge in [-0.3, -0.25) is 9.59 Å². The van der Waals surface area contributed by atoms with Crippen LogP contribution < -0.4 is 10.1 Å². The lowest BCUT2D eigenvalue weighted by Crippen LogP contribution is -2.32. The summed E-state index contributed by atoms with van der Waals surface area (Å²) in [5, 5.41) is 11.8. The highest BCUT2D eigenvalue weighted by atomic mass is 16.5. The molecule has 1 unspecified atom stereocenters. The van der Waals surface area contributed by atoms with E-state index < -0.39 is 11.9 Å². The summed E-state index contributed by atoms with van der Waals surface area (Å²) in [7, 11) is 1.51. The lowest BCUT2D eigenvalue weighted by Gasteiger charge is -2.17. The molecule has 0 heterocycles. The van der Waals surface area contributed by atoms with Gasteiger partial charge in [-0.15, -0.1) is 0 Å². The maximum absolute atomic E-state index is 12.2. The average Bonchev–Trinajstić information content (AvgIpc) is 3.19. The van der Waals surface area contributed by atoms with Crippen molar-refractivity contribution < 1.29 is 19.4 Å². The van der Waals surface area contributed by atoms with E-state index in [2.05, 4.69) is 5.32 Å². The molecule has 1 atom stereocenters. The minimum absolute atomic E-state index is 0.207. The Morgan fingerprint density at radius 3 is 2.68 bits per heavy atom. The number of ether oxygens (including phenoxy) is 1. The summed E-state index contributed by atoms with van der Waals surface area (Å²) in [6.45, 7) is 0. The standard InChI is InChI=1S/C14H17NO4/c1-19-12-5-3-2-4-10(12)11(8-13(16)17)14(18)15-9-6-7-9/h2-5,9,11H,6-8H2,1H3,(H,15,18)(H,16,17). The molecule has 1 aromatic rings. The highest BCUT2D eigenvalue weighted by Gasteiger charge is 2.31. The van der Waals surface area contributed by atoms with Gasteiger partial charge < -0.3 is 15.2 Å². The van der Waals surface area contributed by atoms with Crippen molar-refractivity contribution >= 4 is 11.9 Å². The number of hydrogen-bond acceptors (Lipinski definition) is 3. The first-order valence-electron chi connectivity index (χ1n) is 6.27. The highest BCUT2D eigenvalue weighted by Crippen LogP contribution is 2.30. The van der Waals surface area contributed by atoms with Crippen molar-refractivity contribution in [3.05, 3.63) is 29.8 Å². The first-order valence-corrected chi connectivity index (χ1v) is 6.27. The minimum Gasteiger partial charge on any atom is -0.496 e. The predicted octanol–water partition coefficient (Wildman–Crippen LogP) is 1.53. The molecular formula is C14H17NO4. The van der Waals surface area contributed by atoms with Crippen LogP contribution >= 0.6 is 0 Å². The van der Waals surface area contributed by atoms with Crippen LogP contribution in [0.25, 0.3) is 0 Å². The SMILES string of the molecule is COc1ccccc1C(CC(=O)O)C(=O)NC1CC1. The molecule has 1 saturated carbocycles. The molecule has 5 heteroatoms. The topological polar surface area (TPSA) is 75.6 Å². The summed E-state index contributed by atoms with van der Waals surface area (Å²) >= 11 is 0. The number of aliphatic carboxylic acids is 1. The van der Waals surface area contributed by atoms with Crippen LogP contribution in [0.5, 0.6) is 5.75 Å². The van der Waals surface area contributed by atoms with Crippen LogP contribution in [0.4, 0.5) is 0 Å². The molecule has 102 valence electrons. The van der Waals surface area contributed by atoms with Gasteiger partial charge in [0.2, 0.25) is 5.91 Å². The summed E-state index contributed by atoms with van der Waals surface area (Å²) in [4.78, 5) is 23.1. The number of methoxy groups -OCH3 is 1. The van der Waals surface area contributed by atoms with Crippen molar-refractivity contribution in [3.8, 4) is 5.75 Å². The molecule has 19 heavy (non-hydrogen) atoms. The van der Waals surface area contributed by atoms with Gasteiger partial charge in [0.1, 0.15) is 5.75 Å². The van der Waals surface area contributed by atoms with Crippen molar-refractivity contribution in [2.45, 2.75) is 31.2 Å². The van der Waals surface area contributed by atoms with Crippen molar-refractivity contribution in [1.29, 1.82) is 0 Å². The second-order valence-corrected chi connectivity index (χ2v) is 4.68. The second kappa shape index (κ2) is 5.73. The zero-order valence-electron chi connectivity index (χ0n) is 10.8. The third-order valence-corrected chi connectivity index (χ3v) is 3.13. The van der Waals surface area contributed by atoms with Crippen LogP contribution in [0, 0.1) is 0 Å². The largest absolute Gasteiger partial charge is 0.496 e. The molecule has 0 spiro atoms. The van der Waals surface area contributed by atoms with E-state index in [9.17, 15) is 9.59 Å². The van der Waals surface area contributed by atoms with Crippen LogP contribution in [-0.4, -0.2) is 30.1 Å². The molecule has 5 nitrogen and oxygen atoms in total. The summed E-state index contributed by atoms with van der Waals surface area (Å²) in [5.74, 6) is -1.41. The predicted molar refractivity (Wildman–Crippen MR) is 69.2 cm³/mol. The number of nitrogens with one attached hydrogen (secondary N) is 1. The molecule has 2 N–H and O–H groups in total. The fraction of sp³-hybridized carbons (Fsp3) is 0.429. The zero-order valence-corrected chi connectivity index (χ0v) is 10.8. The lowest BCUT2D eigenvalue weighted by atomic mass is 9.94. The normalized spacial score (nSPS) is 15.6. The third kappa shape index (κ3) is 3.47. The van der Waals surface area contributed by atoms with Crippen LogP contribution in [0.2, 0.25) is 0 Å². The van der Waals surface area contributed by atoms with E-state index in [0.717, 1.165) is 12.8 Å². The molecule has 0 bridgehead atoms. The fourth-order valence-electron chi connectivity index (χ4n) is 2.00. The number of benzene rings is 1. The molecule has 1 aliphatic carbocycles. The maximum atomic E-state index is 12.2. The Hall–Kier alpha value is -2.04. The van der Waals surface area contributed by atoms with E-state index in [4.69, 9.17) is 9.84 Å². The Morgan fingerprint density at radius 1 is 1.42 bits per heavy atom. The quantitative estimate of drug-likeness (QED) is 0.816. The summed E-state index contributed by atoms with van der Waals surface area (Å²) in [5.41, 5.74) is 0.616. The van der Waals surface area contributed by atoms with Gasteiger partial charge in [-0.25, -0.2) is 0 Å². The number of carbonyl (C=O) groups is 2. The Kier molecular flexibility index (Phi) is 4.04. The monoisotopic (exact) mass is 263 g/mol. The summed E-state index contributed by atoms with van der Waals surface area (Å²) < 4.78 is 5.21. The van der Waals surface area contributed by atoms with E-state index >= 15 is 0 Å². The molecule has 0 aromatic heterocycles. The zero-order chi connectivity index (χ0) is 13.8. The molecule has 2 rings (SSSR count). The van der Waals surface area contributed by atoms with Crippen molar-refractivity contribution in [3.63, 3.8) is 0 Å². The van der Waals surface area contributed by atoms with Crippen LogP contribution in [0.1, 0.15) is 30.7 Å². The van der Waals surface area contributed by atoms with Crippen molar-refractivity contribution in [2.75, 3.05) is 7.11 Å². The molecule has 1 aliphatic rings. The Bertz CT molecular complexity index is 482. The van der Waals surface area contributed by atoms with Gasteiger partial charge in [-0.2, -0.15) is 0 Å². The van der Waals surface area contributed by atoms with Gasteiger partial charge >= 0.3 is 5.97 Å². The van der Waals surface area contributed by atoms with Gasteiger partial charge in [-0.05, 0) is 18.9 Å². The maximum Gasteiger partial charge on any atom is 0.304 e. The molecule has 0 radical (unpaired) electrons. The number of amides is 1. The second-order valence-electron chi connectivity index (χ2n) is 4.68. The van der Waals surface area contributed by atoms with E-state index in [0.29, 0.717) is 11.3 Å². The third-order valence-electron chi connectivity index (χ3n) is 3.13. The Morgan fingerprint density at radius 2 is 2.11 bits per heavy atom. The van der Waals surface area contributed by atoms with Gasteiger partial charge in [0.15, 0.2) is 0 Å². The number of carboxylic acids is 1. The molecule has 0 saturated heterocycles. The fourth-order valence-corrected chi connectivity index (χ4v) is 2.00. The number of hydrogen-bond donors (Lipinski definition) is 2. The van der Waals surface area contributed by atoms with Crippen LogP contribution in [0.3, 0.4) is 0 Å². The van der Waals surface area contributed by atoms with Crippen molar-refractivity contribution in [1.82, 2.24) is 5.32 Å². The first-order chi connectivity index (χ1) is 9.11.